The third kappa shape index (κ3) is 6.04. The van der Waals surface area contributed by atoms with Crippen LogP contribution < -0.4 is 4.74 Å². The van der Waals surface area contributed by atoms with E-state index in [1.165, 1.54) is 18.2 Å². The molecule has 7 nitrogen and oxygen atoms in total. The van der Waals surface area contributed by atoms with Gasteiger partial charge >= 0.3 is 0 Å². The van der Waals surface area contributed by atoms with Crippen molar-refractivity contribution in [2.45, 2.75) is 23.9 Å². The second-order valence-corrected chi connectivity index (χ2v) is 9.61. The van der Waals surface area contributed by atoms with E-state index in [4.69, 9.17) is 4.74 Å². The van der Waals surface area contributed by atoms with Crippen molar-refractivity contribution < 1.29 is 18.4 Å². The van der Waals surface area contributed by atoms with Crippen LogP contribution in [-0.4, -0.2) is 26.2 Å². The maximum atomic E-state index is 14.1. The number of halogens is 3. The number of aromatic nitrogens is 3. The summed E-state index contributed by atoms with van der Waals surface area (Å²) < 4.78 is 35.8. The van der Waals surface area contributed by atoms with Gasteiger partial charge in [-0.3, -0.25) is 14.7 Å². The standard InChI is InChI=1S/C24H19BrF2N4O3S/c1-15-28-29-24(31(15)19-9-7-18(26)8-10-19)35-23(13-30(32)33)20-12-17(25)6-11-22(20)34-14-16-4-2-3-5-21(16)27/h2-12,23H,13-14H2,1H3/t23-/m1/s1. The number of thioether (sulfide) groups is 1. The summed E-state index contributed by atoms with van der Waals surface area (Å²) in [5.41, 5.74) is 1.54. The first-order valence-corrected chi connectivity index (χ1v) is 12.1. The molecular weight excluding hydrogens is 542 g/mol. The third-order valence-corrected chi connectivity index (χ3v) is 6.76. The topological polar surface area (TPSA) is 83.1 Å². The van der Waals surface area contributed by atoms with E-state index in [9.17, 15) is 18.9 Å². The lowest BCUT2D eigenvalue weighted by Crippen LogP contribution is -2.13. The molecule has 35 heavy (non-hydrogen) atoms. The monoisotopic (exact) mass is 560 g/mol. The van der Waals surface area contributed by atoms with Gasteiger partial charge in [0, 0.05) is 26.2 Å². The maximum absolute atomic E-state index is 14.1. The molecule has 0 amide bonds. The highest BCUT2D eigenvalue weighted by atomic mass is 79.9. The van der Waals surface area contributed by atoms with Gasteiger partial charge < -0.3 is 4.74 Å². The van der Waals surface area contributed by atoms with Crippen LogP contribution in [0.15, 0.2) is 76.4 Å². The second-order valence-electron chi connectivity index (χ2n) is 7.53. The van der Waals surface area contributed by atoms with Crippen LogP contribution in [0.25, 0.3) is 5.69 Å². The Labute approximate surface area is 212 Å². The lowest BCUT2D eigenvalue weighted by Gasteiger charge is -2.18. The minimum absolute atomic E-state index is 0.0397. The third-order valence-electron chi connectivity index (χ3n) is 5.10. The fourth-order valence-corrected chi connectivity index (χ4v) is 5.01. The molecule has 0 fully saturated rings. The zero-order chi connectivity index (χ0) is 24.9. The zero-order valence-corrected chi connectivity index (χ0v) is 20.8. The molecule has 0 bridgehead atoms. The number of nitro groups is 1. The van der Waals surface area contributed by atoms with Gasteiger partial charge in [0.05, 0.1) is 0 Å². The largest absolute Gasteiger partial charge is 0.488 e. The van der Waals surface area contributed by atoms with E-state index in [1.807, 2.05) is 0 Å². The highest BCUT2D eigenvalue weighted by Gasteiger charge is 2.27. The molecule has 0 unspecified atom stereocenters. The molecule has 180 valence electrons. The summed E-state index contributed by atoms with van der Waals surface area (Å²) in [4.78, 5) is 11.2. The molecule has 1 atom stereocenters. The lowest BCUT2D eigenvalue weighted by molar-refractivity contribution is -0.479. The van der Waals surface area contributed by atoms with Crippen molar-refractivity contribution in [2.24, 2.45) is 0 Å². The summed E-state index contributed by atoms with van der Waals surface area (Å²) in [5.74, 6) is 0.153. The molecule has 0 saturated heterocycles. The van der Waals surface area contributed by atoms with E-state index in [2.05, 4.69) is 26.1 Å². The Hall–Kier alpha value is -3.31. The number of ether oxygens (including phenoxy) is 1. The van der Waals surface area contributed by atoms with Crippen LogP contribution in [-0.2, 0) is 6.61 Å². The van der Waals surface area contributed by atoms with Crippen molar-refractivity contribution in [2.75, 3.05) is 6.54 Å². The number of hydrogen-bond donors (Lipinski definition) is 0. The van der Waals surface area contributed by atoms with Gasteiger partial charge in [-0.15, -0.1) is 10.2 Å². The second kappa shape index (κ2) is 11.0. The molecule has 0 aliphatic rings. The molecule has 0 N–H and O–H groups in total. The fourth-order valence-electron chi connectivity index (χ4n) is 3.44. The van der Waals surface area contributed by atoms with Crippen molar-refractivity contribution in [3.8, 4) is 11.4 Å². The van der Waals surface area contributed by atoms with Crippen LogP contribution in [0, 0.1) is 28.7 Å². The summed E-state index contributed by atoms with van der Waals surface area (Å²) in [6.45, 7) is 1.28. The minimum atomic E-state index is -0.707. The summed E-state index contributed by atoms with van der Waals surface area (Å²) >= 11 is 4.57. The Balaban J connectivity index is 1.68. The SMILES string of the molecule is Cc1nnc(S[C@H](C[N+](=O)[O-])c2cc(Br)ccc2OCc2ccccc2F)n1-c1ccc(F)cc1. The van der Waals surface area contributed by atoms with Gasteiger partial charge in [-0.1, -0.05) is 45.9 Å². The van der Waals surface area contributed by atoms with Crippen LogP contribution in [0.3, 0.4) is 0 Å². The van der Waals surface area contributed by atoms with E-state index in [0.717, 1.165) is 11.8 Å². The van der Waals surface area contributed by atoms with Crippen molar-refractivity contribution in [1.29, 1.82) is 0 Å². The van der Waals surface area contributed by atoms with Crippen molar-refractivity contribution in [1.82, 2.24) is 14.8 Å². The van der Waals surface area contributed by atoms with Gasteiger partial charge in [0.15, 0.2) is 5.16 Å². The van der Waals surface area contributed by atoms with E-state index in [-0.39, 0.29) is 12.4 Å². The first kappa shape index (κ1) is 24.8. The summed E-state index contributed by atoms with van der Waals surface area (Å²) in [7, 11) is 0. The highest BCUT2D eigenvalue weighted by Crippen LogP contribution is 2.41. The average molecular weight is 561 g/mol. The van der Waals surface area contributed by atoms with E-state index < -0.39 is 22.5 Å². The number of hydrogen-bond acceptors (Lipinski definition) is 6. The van der Waals surface area contributed by atoms with Gasteiger partial charge in [-0.2, -0.15) is 0 Å². The summed E-state index contributed by atoms with van der Waals surface area (Å²) in [6, 6.07) is 17.2. The molecule has 0 spiro atoms. The Kier molecular flexibility index (Phi) is 7.76. The molecule has 3 aromatic carbocycles. The first-order valence-electron chi connectivity index (χ1n) is 10.4. The van der Waals surface area contributed by atoms with Crippen LogP contribution >= 0.6 is 27.7 Å². The number of aryl methyl sites for hydroxylation is 1. The number of benzene rings is 3. The average Bonchev–Trinajstić information content (AvgIpc) is 3.19. The molecular formula is C24H19BrF2N4O3S. The van der Waals surface area contributed by atoms with Gasteiger partial charge in [0.25, 0.3) is 0 Å². The van der Waals surface area contributed by atoms with Gasteiger partial charge in [0.2, 0.25) is 6.54 Å². The van der Waals surface area contributed by atoms with Crippen molar-refractivity contribution in [3.63, 3.8) is 0 Å². The van der Waals surface area contributed by atoms with Gasteiger partial charge in [-0.25, -0.2) is 8.78 Å². The van der Waals surface area contributed by atoms with Crippen LogP contribution in [0.2, 0.25) is 0 Å². The molecule has 0 aliphatic carbocycles. The van der Waals surface area contributed by atoms with Crippen molar-refractivity contribution in [3.05, 3.63) is 110 Å². The molecule has 4 rings (SSSR count). The van der Waals surface area contributed by atoms with E-state index >= 15 is 0 Å². The molecule has 4 aromatic rings. The molecule has 1 aromatic heterocycles. The van der Waals surface area contributed by atoms with Gasteiger partial charge in [-0.05, 0) is 55.5 Å². The summed E-state index contributed by atoms with van der Waals surface area (Å²) in [5, 5.41) is 19.6. The Morgan fingerprint density at radius 2 is 1.86 bits per heavy atom. The highest BCUT2D eigenvalue weighted by molar-refractivity contribution is 9.10. The van der Waals surface area contributed by atoms with E-state index in [0.29, 0.717) is 38.0 Å². The quantitative estimate of drug-likeness (QED) is 0.135. The molecule has 0 saturated carbocycles. The normalized spacial score (nSPS) is 11.9. The number of rotatable bonds is 9. The molecule has 0 radical (unpaired) electrons. The lowest BCUT2D eigenvalue weighted by atomic mass is 10.1. The predicted molar refractivity (Wildman–Crippen MR) is 131 cm³/mol. The predicted octanol–water partition coefficient (Wildman–Crippen LogP) is 6.31. The Morgan fingerprint density at radius 1 is 1.11 bits per heavy atom. The van der Waals surface area contributed by atoms with Crippen molar-refractivity contribution >= 4 is 27.7 Å². The molecule has 1 heterocycles. The first-order chi connectivity index (χ1) is 16.8. The zero-order valence-electron chi connectivity index (χ0n) is 18.4. The number of nitrogens with zero attached hydrogens (tertiary/aromatic N) is 4. The van der Waals surface area contributed by atoms with Gasteiger partial charge in [0.1, 0.15) is 35.1 Å². The fraction of sp³-hybridized carbons (Fsp3) is 0.167. The summed E-state index contributed by atoms with van der Waals surface area (Å²) in [6.07, 6.45) is 0. The minimum Gasteiger partial charge on any atom is -0.488 e. The Bertz CT molecular complexity index is 1350. The van der Waals surface area contributed by atoms with Crippen LogP contribution in [0.4, 0.5) is 8.78 Å². The molecule has 11 heteroatoms. The maximum Gasteiger partial charge on any atom is 0.220 e. The van der Waals surface area contributed by atoms with E-state index in [1.54, 1.807) is 60.0 Å². The smallest absolute Gasteiger partial charge is 0.220 e. The van der Waals surface area contributed by atoms with Crippen LogP contribution in [0.5, 0.6) is 5.75 Å². The van der Waals surface area contributed by atoms with Crippen LogP contribution in [0.1, 0.15) is 22.2 Å². The Morgan fingerprint density at radius 3 is 2.57 bits per heavy atom. The molecule has 0 aliphatic heterocycles.